The Kier molecular flexibility index (Phi) is 7.22. The molecule has 1 saturated carbocycles. The van der Waals surface area contributed by atoms with Crippen LogP contribution in [0.1, 0.15) is 83.3 Å². The normalized spacial score (nSPS) is 22.8. The van der Waals surface area contributed by atoms with E-state index in [1.165, 1.54) is 74.5 Å². The van der Waals surface area contributed by atoms with Crippen LogP contribution in [0.15, 0.2) is 30.3 Å². The van der Waals surface area contributed by atoms with Crippen LogP contribution in [0.5, 0.6) is 0 Å². The average molecular weight is 299 g/mol. The number of aryl methyl sites for hydroxylation is 1. The van der Waals surface area contributed by atoms with Crippen LogP contribution in [0.2, 0.25) is 0 Å². The molecule has 0 heterocycles. The number of rotatable bonds is 7. The molecule has 0 aromatic heterocycles. The van der Waals surface area contributed by atoms with Crippen molar-refractivity contribution >= 4 is 5.57 Å². The first-order valence-corrected chi connectivity index (χ1v) is 9.50. The fourth-order valence-corrected chi connectivity index (χ4v) is 3.81. The molecule has 2 rings (SSSR count). The van der Waals surface area contributed by atoms with Gasteiger partial charge in [-0.1, -0.05) is 69.9 Å². The number of allylic oxidation sites excluding steroid dienone is 2. The van der Waals surface area contributed by atoms with Crippen molar-refractivity contribution in [2.45, 2.75) is 78.6 Å². The van der Waals surface area contributed by atoms with Crippen molar-refractivity contribution < 1.29 is 0 Å². The molecule has 0 aliphatic heterocycles. The van der Waals surface area contributed by atoms with E-state index in [0.717, 1.165) is 11.8 Å². The maximum absolute atomic E-state index is 2.55. The summed E-state index contributed by atoms with van der Waals surface area (Å²) in [6.07, 6.45) is 14.9. The third kappa shape index (κ3) is 5.30. The molecule has 1 aromatic rings. The maximum atomic E-state index is 2.55. The largest absolute Gasteiger partial charge is 0.0779 e. The third-order valence-electron chi connectivity index (χ3n) is 5.29. The summed E-state index contributed by atoms with van der Waals surface area (Å²) < 4.78 is 0. The molecule has 1 fully saturated rings. The maximum Gasteiger partial charge on any atom is -0.0227 e. The number of hydrogen-bond acceptors (Lipinski definition) is 0. The van der Waals surface area contributed by atoms with Crippen LogP contribution in [0.3, 0.4) is 0 Å². The van der Waals surface area contributed by atoms with E-state index in [0.29, 0.717) is 0 Å². The second kappa shape index (κ2) is 9.18. The molecule has 0 N–H and O–H groups in total. The Morgan fingerprint density at radius 2 is 1.68 bits per heavy atom. The van der Waals surface area contributed by atoms with E-state index in [4.69, 9.17) is 0 Å². The zero-order chi connectivity index (χ0) is 15.8. The minimum absolute atomic E-state index is 0.813. The highest BCUT2D eigenvalue weighted by Gasteiger charge is 2.19. The predicted octanol–water partition coefficient (Wildman–Crippen LogP) is 7.04. The van der Waals surface area contributed by atoms with Crippen LogP contribution in [0.4, 0.5) is 0 Å². The Bertz CT molecular complexity index is 443. The number of unbranched alkanes of at least 4 members (excludes halogenated alkanes) is 1. The summed E-state index contributed by atoms with van der Waals surface area (Å²) >= 11 is 0. The van der Waals surface area contributed by atoms with Gasteiger partial charge in [0.25, 0.3) is 0 Å². The van der Waals surface area contributed by atoms with Crippen molar-refractivity contribution in [2.75, 3.05) is 0 Å². The first-order valence-electron chi connectivity index (χ1n) is 9.50. The van der Waals surface area contributed by atoms with E-state index in [1.54, 1.807) is 0 Å². The van der Waals surface area contributed by atoms with E-state index in [1.807, 2.05) is 0 Å². The summed E-state index contributed by atoms with van der Waals surface area (Å²) in [6.45, 7) is 6.84. The zero-order valence-corrected chi connectivity index (χ0v) is 14.9. The van der Waals surface area contributed by atoms with E-state index < -0.39 is 0 Å². The van der Waals surface area contributed by atoms with Gasteiger partial charge in [0.05, 0.1) is 0 Å². The highest BCUT2D eigenvalue weighted by atomic mass is 14.2. The molecule has 0 heteroatoms. The summed E-state index contributed by atoms with van der Waals surface area (Å²) in [6, 6.07) is 9.23. The van der Waals surface area contributed by atoms with Gasteiger partial charge >= 0.3 is 0 Å². The van der Waals surface area contributed by atoms with Gasteiger partial charge in [0, 0.05) is 0 Å². The van der Waals surface area contributed by atoms with Crippen LogP contribution < -0.4 is 0 Å². The monoisotopic (exact) mass is 298 g/mol. The molecule has 22 heavy (non-hydrogen) atoms. The highest BCUT2D eigenvalue weighted by molar-refractivity contribution is 5.64. The van der Waals surface area contributed by atoms with E-state index in [2.05, 4.69) is 51.1 Å². The minimum Gasteiger partial charge on any atom is -0.0779 e. The Morgan fingerprint density at radius 3 is 2.27 bits per heavy atom. The molecule has 0 bridgehead atoms. The lowest BCUT2D eigenvalue weighted by Gasteiger charge is -2.27. The summed E-state index contributed by atoms with van der Waals surface area (Å²) in [5.74, 6) is 1.83. The Hall–Kier alpha value is -1.04. The van der Waals surface area contributed by atoms with Gasteiger partial charge in [-0.3, -0.25) is 0 Å². The standard InChI is InChI=1S/C22H34/c1-4-6-8-20-9-11-21(12-10-20)17-18(3)22-15-13-19(7-5-2)14-16-22/h13-17,20-21H,4-12H2,1-3H3/b18-17+. The second-order valence-electron chi connectivity index (χ2n) is 7.22. The fourth-order valence-electron chi connectivity index (χ4n) is 3.81. The van der Waals surface area contributed by atoms with Crippen LogP contribution in [-0.4, -0.2) is 0 Å². The molecular formula is C22H34. The van der Waals surface area contributed by atoms with Crippen molar-refractivity contribution in [3.63, 3.8) is 0 Å². The zero-order valence-electron chi connectivity index (χ0n) is 14.9. The SMILES string of the molecule is CCCCC1CCC(/C=C(\C)c2ccc(CCC)cc2)CC1. The molecule has 0 unspecified atom stereocenters. The molecule has 0 amide bonds. The van der Waals surface area contributed by atoms with E-state index >= 15 is 0 Å². The lowest BCUT2D eigenvalue weighted by Crippen LogP contribution is -2.13. The third-order valence-corrected chi connectivity index (χ3v) is 5.29. The number of benzene rings is 1. The molecule has 0 saturated heterocycles. The van der Waals surface area contributed by atoms with Crippen LogP contribution in [0.25, 0.3) is 5.57 Å². The molecule has 1 aromatic carbocycles. The van der Waals surface area contributed by atoms with Gasteiger partial charge in [-0.05, 0) is 67.6 Å². The molecule has 122 valence electrons. The molecule has 1 aliphatic rings. The van der Waals surface area contributed by atoms with Crippen molar-refractivity contribution in [3.05, 3.63) is 41.5 Å². The predicted molar refractivity (Wildman–Crippen MR) is 99.1 cm³/mol. The number of hydrogen-bond donors (Lipinski definition) is 0. The topological polar surface area (TPSA) is 0 Å². The summed E-state index contributed by atoms with van der Waals surface area (Å²) in [5, 5.41) is 0. The van der Waals surface area contributed by atoms with Gasteiger partial charge in [-0.2, -0.15) is 0 Å². The minimum atomic E-state index is 0.813. The lowest BCUT2D eigenvalue weighted by molar-refractivity contribution is 0.291. The molecule has 0 atom stereocenters. The smallest absolute Gasteiger partial charge is 0.0227 e. The first kappa shape index (κ1) is 17.3. The summed E-state index contributed by atoms with van der Waals surface area (Å²) in [7, 11) is 0. The Balaban J connectivity index is 1.87. The van der Waals surface area contributed by atoms with Gasteiger partial charge in [0.1, 0.15) is 0 Å². The van der Waals surface area contributed by atoms with Gasteiger partial charge in [-0.25, -0.2) is 0 Å². The van der Waals surface area contributed by atoms with Crippen molar-refractivity contribution in [3.8, 4) is 0 Å². The van der Waals surface area contributed by atoms with Crippen molar-refractivity contribution in [1.29, 1.82) is 0 Å². The van der Waals surface area contributed by atoms with Crippen LogP contribution >= 0.6 is 0 Å². The first-order chi connectivity index (χ1) is 10.7. The molecule has 0 nitrogen and oxygen atoms in total. The Morgan fingerprint density at radius 1 is 1.00 bits per heavy atom. The quantitative estimate of drug-likeness (QED) is 0.506. The second-order valence-corrected chi connectivity index (χ2v) is 7.22. The Labute approximate surface area is 138 Å². The fraction of sp³-hybridized carbons (Fsp3) is 0.636. The van der Waals surface area contributed by atoms with Crippen LogP contribution in [0, 0.1) is 11.8 Å². The molecular weight excluding hydrogens is 264 g/mol. The highest BCUT2D eigenvalue weighted by Crippen LogP contribution is 2.34. The molecule has 1 aliphatic carbocycles. The summed E-state index contributed by atoms with van der Waals surface area (Å²) in [4.78, 5) is 0. The van der Waals surface area contributed by atoms with E-state index in [-0.39, 0.29) is 0 Å². The van der Waals surface area contributed by atoms with Gasteiger partial charge in [0.2, 0.25) is 0 Å². The average Bonchev–Trinajstić information content (AvgIpc) is 2.55. The molecule has 0 radical (unpaired) electrons. The van der Waals surface area contributed by atoms with Gasteiger partial charge in [-0.15, -0.1) is 0 Å². The summed E-state index contributed by atoms with van der Waals surface area (Å²) in [5.41, 5.74) is 4.35. The van der Waals surface area contributed by atoms with Crippen LogP contribution in [-0.2, 0) is 6.42 Å². The van der Waals surface area contributed by atoms with E-state index in [9.17, 15) is 0 Å². The van der Waals surface area contributed by atoms with Crippen molar-refractivity contribution in [2.24, 2.45) is 11.8 Å². The van der Waals surface area contributed by atoms with Crippen molar-refractivity contribution in [1.82, 2.24) is 0 Å². The van der Waals surface area contributed by atoms with Gasteiger partial charge in [0.15, 0.2) is 0 Å². The van der Waals surface area contributed by atoms with Gasteiger partial charge < -0.3 is 0 Å². The lowest BCUT2D eigenvalue weighted by atomic mass is 9.79. The molecule has 0 spiro atoms.